The van der Waals surface area contributed by atoms with E-state index >= 15 is 0 Å². The summed E-state index contributed by atoms with van der Waals surface area (Å²) in [6.45, 7) is 6.07. The van der Waals surface area contributed by atoms with Crippen molar-refractivity contribution in [2.45, 2.75) is 58.4 Å². The number of rotatable bonds is 9. The highest BCUT2D eigenvalue weighted by Gasteiger charge is 2.23. The Balaban J connectivity index is 1.28. The highest BCUT2D eigenvalue weighted by molar-refractivity contribution is 5.77. The molecule has 2 amide bonds. The maximum Gasteiger partial charge on any atom is 0.222 e. The highest BCUT2D eigenvalue weighted by Crippen LogP contribution is 2.15. The van der Waals surface area contributed by atoms with Gasteiger partial charge < -0.3 is 15.0 Å². The number of ether oxygens (including phenoxy) is 1. The van der Waals surface area contributed by atoms with Gasteiger partial charge in [0.05, 0.1) is 6.61 Å². The van der Waals surface area contributed by atoms with Gasteiger partial charge in [-0.3, -0.25) is 9.59 Å². The minimum atomic E-state index is 0.0959. The van der Waals surface area contributed by atoms with Gasteiger partial charge in [0, 0.05) is 32.0 Å². The molecule has 2 aromatic carbocycles. The van der Waals surface area contributed by atoms with E-state index in [0.717, 1.165) is 25.0 Å². The summed E-state index contributed by atoms with van der Waals surface area (Å²) in [6.07, 6.45) is 4.11. The average molecular weight is 423 g/mol. The van der Waals surface area contributed by atoms with Crippen LogP contribution in [-0.4, -0.2) is 42.5 Å². The summed E-state index contributed by atoms with van der Waals surface area (Å²) < 4.78 is 5.70. The van der Waals surface area contributed by atoms with Crippen molar-refractivity contribution in [3.8, 4) is 5.75 Å². The minimum Gasteiger partial charge on any atom is -0.494 e. The number of aryl methyl sites for hydroxylation is 3. The lowest BCUT2D eigenvalue weighted by molar-refractivity contribution is -0.132. The Morgan fingerprint density at radius 3 is 2.19 bits per heavy atom. The topological polar surface area (TPSA) is 58.6 Å². The van der Waals surface area contributed by atoms with Crippen molar-refractivity contribution in [2.75, 3.05) is 19.7 Å². The van der Waals surface area contributed by atoms with Crippen molar-refractivity contribution >= 4 is 11.8 Å². The highest BCUT2D eigenvalue weighted by atomic mass is 16.5. The first kappa shape index (κ1) is 22.9. The van der Waals surface area contributed by atoms with E-state index in [9.17, 15) is 9.59 Å². The number of hydrogen-bond acceptors (Lipinski definition) is 3. The quantitative estimate of drug-likeness (QED) is 0.616. The summed E-state index contributed by atoms with van der Waals surface area (Å²) in [5.41, 5.74) is 3.62. The van der Waals surface area contributed by atoms with Gasteiger partial charge in [0.15, 0.2) is 0 Å². The van der Waals surface area contributed by atoms with Crippen LogP contribution in [0.5, 0.6) is 5.75 Å². The third-order valence-corrected chi connectivity index (χ3v) is 5.80. The molecule has 0 unspecified atom stereocenters. The van der Waals surface area contributed by atoms with Crippen molar-refractivity contribution in [3.63, 3.8) is 0 Å². The molecule has 0 radical (unpaired) electrons. The molecule has 31 heavy (non-hydrogen) atoms. The van der Waals surface area contributed by atoms with Crippen LogP contribution in [0.25, 0.3) is 0 Å². The number of piperidine rings is 1. The lowest BCUT2D eigenvalue weighted by Gasteiger charge is -2.32. The molecule has 1 saturated heterocycles. The Hall–Kier alpha value is -2.82. The summed E-state index contributed by atoms with van der Waals surface area (Å²) in [7, 11) is 0. The molecular weight excluding hydrogens is 388 g/mol. The van der Waals surface area contributed by atoms with E-state index in [1.54, 1.807) is 0 Å². The zero-order valence-corrected chi connectivity index (χ0v) is 18.7. The number of nitrogens with zero attached hydrogens (tertiary/aromatic N) is 1. The second-order valence-electron chi connectivity index (χ2n) is 8.47. The maximum absolute atomic E-state index is 12.4. The summed E-state index contributed by atoms with van der Waals surface area (Å²) in [4.78, 5) is 26.6. The number of carbonyl (C=O) groups excluding carboxylic acids is 2. The van der Waals surface area contributed by atoms with Gasteiger partial charge in [0.1, 0.15) is 5.75 Å². The van der Waals surface area contributed by atoms with E-state index in [1.165, 1.54) is 16.7 Å². The van der Waals surface area contributed by atoms with Crippen LogP contribution in [0.4, 0.5) is 0 Å². The van der Waals surface area contributed by atoms with Gasteiger partial charge in [-0.15, -0.1) is 0 Å². The molecule has 5 nitrogen and oxygen atoms in total. The van der Waals surface area contributed by atoms with Crippen LogP contribution < -0.4 is 10.1 Å². The molecule has 5 heteroatoms. The van der Waals surface area contributed by atoms with E-state index in [2.05, 4.69) is 36.5 Å². The third kappa shape index (κ3) is 7.74. The average Bonchev–Trinajstić information content (AvgIpc) is 2.78. The molecule has 2 aromatic rings. The van der Waals surface area contributed by atoms with Gasteiger partial charge in [-0.25, -0.2) is 0 Å². The lowest BCUT2D eigenvalue weighted by atomic mass is 10.0. The number of nitrogens with one attached hydrogen (secondary N) is 1. The van der Waals surface area contributed by atoms with E-state index in [-0.39, 0.29) is 17.9 Å². The van der Waals surface area contributed by atoms with E-state index < -0.39 is 0 Å². The van der Waals surface area contributed by atoms with Crippen LogP contribution in [0.1, 0.15) is 48.8 Å². The van der Waals surface area contributed by atoms with E-state index in [4.69, 9.17) is 4.74 Å². The summed E-state index contributed by atoms with van der Waals surface area (Å²) >= 11 is 0. The van der Waals surface area contributed by atoms with Crippen molar-refractivity contribution in [3.05, 3.63) is 65.2 Å². The standard InChI is InChI=1S/C26H34N2O3/c1-20-5-9-22(10-6-20)11-14-25(29)27-23-15-17-28(18-16-23)26(30)4-3-19-31-24-12-7-21(2)8-13-24/h5-10,12-13,23H,3-4,11,14-19H2,1-2H3,(H,27,29). The summed E-state index contributed by atoms with van der Waals surface area (Å²) in [5.74, 6) is 1.12. The number of hydrogen-bond donors (Lipinski definition) is 1. The van der Waals surface area contributed by atoms with Crippen molar-refractivity contribution in [2.24, 2.45) is 0 Å². The largest absolute Gasteiger partial charge is 0.494 e. The number of benzene rings is 2. The fourth-order valence-electron chi connectivity index (χ4n) is 3.79. The van der Waals surface area contributed by atoms with E-state index in [1.807, 2.05) is 36.1 Å². The molecule has 0 atom stereocenters. The van der Waals surface area contributed by atoms with Crippen LogP contribution >= 0.6 is 0 Å². The molecular formula is C26H34N2O3. The molecule has 1 fully saturated rings. The van der Waals surface area contributed by atoms with Crippen LogP contribution in [0.3, 0.4) is 0 Å². The molecule has 1 heterocycles. The lowest BCUT2D eigenvalue weighted by Crippen LogP contribution is -2.46. The summed E-state index contributed by atoms with van der Waals surface area (Å²) in [6, 6.07) is 16.4. The Morgan fingerprint density at radius 2 is 1.55 bits per heavy atom. The SMILES string of the molecule is Cc1ccc(CCC(=O)NC2CCN(C(=O)CCCOc3ccc(C)cc3)CC2)cc1. The monoisotopic (exact) mass is 422 g/mol. The van der Waals surface area contributed by atoms with Gasteiger partial charge in [0.2, 0.25) is 11.8 Å². The Labute approximate surface area is 185 Å². The number of amides is 2. The van der Waals surface area contributed by atoms with Gasteiger partial charge in [-0.1, -0.05) is 47.5 Å². The predicted molar refractivity (Wildman–Crippen MR) is 123 cm³/mol. The molecule has 0 saturated carbocycles. The first-order valence-corrected chi connectivity index (χ1v) is 11.3. The molecule has 0 aliphatic carbocycles. The summed E-state index contributed by atoms with van der Waals surface area (Å²) in [5, 5.41) is 3.14. The molecule has 0 bridgehead atoms. The second kappa shape index (κ2) is 11.5. The van der Waals surface area contributed by atoms with Gasteiger partial charge in [0.25, 0.3) is 0 Å². The zero-order valence-electron chi connectivity index (χ0n) is 18.7. The van der Waals surface area contributed by atoms with Gasteiger partial charge >= 0.3 is 0 Å². The van der Waals surface area contributed by atoms with Gasteiger partial charge in [-0.2, -0.15) is 0 Å². The number of likely N-dealkylation sites (tertiary alicyclic amines) is 1. The van der Waals surface area contributed by atoms with E-state index in [0.29, 0.717) is 39.0 Å². The molecule has 1 N–H and O–H groups in total. The normalized spacial score (nSPS) is 14.3. The predicted octanol–water partition coefficient (Wildman–Crippen LogP) is 4.20. The van der Waals surface area contributed by atoms with Crippen LogP contribution in [0, 0.1) is 13.8 Å². The molecule has 0 aromatic heterocycles. The minimum absolute atomic E-state index is 0.0959. The van der Waals surface area contributed by atoms with Crippen LogP contribution in [0.15, 0.2) is 48.5 Å². The first-order chi connectivity index (χ1) is 15.0. The molecule has 166 valence electrons. The van der Waals surface area contributed by atoms with Crippen LogP contribution in [0.2, 0.25) is 0 Å². The fourth-order valence-corrected chi connectivity index (χ4v) is 3.79. The third-order valence-electron chi connectivity index (χ3n) is 5.80. The van der Waals surface area contributed by atoms with Gasteiger partial charge in [-0.05, 0) is 57.2 Å². The molecule has 0 spiro atoms. The maximum atomic E-state index is 12.4. The molecule has 3 rings (SSSR count). The Bertz CT molecular complexity index is 838. The zero-order chi connectivity index (χ0) is 22.1. The van der Waals surface area contributed by atoms with Crippen molar-refractivity contribution < 1.29 is 14.3 Å². The van der Waals surface area contributed by atoms with Crippen LogP contribution in [-0.2, 0) is 16.0 Å². The first-order valence-electron chi connectivity index (χ1n) is 11.3. The van der Waals surface area contributed by atoms with Crippen molar-refractivity contribution in [1.29, 1.82) is 0 Å². The Kier molecular flexibility index (Phi) is 8.51. The second-order valence-corrected chi connectivity index (χ2v) is 8.47. The Morgan fingerprint density at radius 1 is 0.935 bits per heavy atom. The molecule has 1 aliphatic heterocycles. The fraction of sp³-hybridized carbons (Fsp3) is 0.462. The number of carbonyl (C=O) groups is 2. The van der Waals surface area contributed by atoms with Crippen molar-refractivity contribution in [1.82, 2.24) is 10.2 Å². The smallest absolute Gasteiger partial charge is 0.222 e. The molecule has 1 aliphatic rings.